The zero-order chi connectivity index (χ0) is 9.14. The molecular formula is C8H6BrFO2. The summed E-state index contributed by atoms with van der Waals surface area (Å²) in [6, 6.07) is 2.69. The maximum absolute atomic E-state index is 12.9. The quantitative estimate of drug-likeness (QED) is 0.792. The molecule has 0 aliphatic carbocycles. The van der Waals surface area contributed by atoms with Crippen LogP contribution in [-0.2, 0) is 6.61 Å². The van der Waals surface area contributed by atoms with Gasteiger partial charge in [-0.15, -0.1) is 0 Å². The first-order valence-corrected chi connectivity index (χ1v) is 4.02. The highest BCUT2D eigenvalue weighted by Gasteiger charge is 2.07. The van der Waals surface area contributed by atoms with Gasteiger partial charge >= 0.3 is 0 Å². The fourth-order valence-electron chi connectivity index (χ4n) is 0.901. The van der Waals surface area contributed by atoms with Crippen molar-refractivity contribution in [3.63, 3.8) is 0 Å². The molecular weight excluding hydrogens is 227 g/mol. The molecule has 0 heterocycles. The lowest BCUT2D eigenvalue weighted by molar-refractivity contribution is 0.111. The van der Waals surface area contributed by atoms with Crippen LogP contribution in [-0.4, -0.2) is 11.4 Å². The van der Waals surface area contributed by atoms with E-state index in [2.05, 4.69) is 15.9 Å². The Morgan fingerprint density at radius 1 is 1.58 bits per heavy atom. The van der Waals surface area contributed by atoms with Crippen LogP contribution in [0.1, 0.15) is 15.9 Å². The van der Waals surface area contributed by atoms with Gasteiger partial charge in [0, 0.05) is 4.47 Å². The minimum atomic E-state index is -0.622. The molecule has 0 aliphatic rings. The molecule has 2 nitrogen and oxygen atoms in total. The second kappa shape index (κ2) is 3.78. The molecule has 0 spiro atoms. The van der Waals surface area contributed by atoms with Gasteiger partial charge in [-0.1, -0.05) is 15.9 Å². The molecule has 4 heteroatoms. The van der Waals surface area contributed by atoms with E-state index in [0.29, 0.717) is 10.8 Å². The molecule has 12 heavy (non-hydrogen) atoms. The second-order valence-electron chi connectivity index (χ2n) is 2.24. The van der Waals surface area contributed by atoms with Gasteiger partial charge < -0.3 is 5.11 Å². The Hall–Kier alpha value is -0.740. The van der Waals surface area contributed by atoms with E-state index in [4.69, 9.17) is 5.11 Å². The van der Waals surface area contributed by atoms with Gasteiger partial charge in [-0.2, -0.15) is 0 Å². The fraction of sp³-hybridized carbons (Fsp3) is 0.125. The third kappa shape index (κ3) is 1.70. The lowest BCUT2D eigenvalue weighted by atomic mass is 10.1. The summed E-state index contributed by atoms with van der Waals surface area (Å²) >= 11 is 3.05. The molecule has 0 amide bonds. The van der Waals surface area contributed by atoms with Crippen LogP contribution in [0.2, 0.25) is 0 Å². The number of carbonyl (C=O) groups is 1. The van der Waals surface area contributed by atoms with Crippen molar-refractivity contribution < 1.29 is 14.3 Å². The maximum Gasteiger partial charge on any atom is 0.153 e. The Bertz CT molecular complexity index is 312. The Labute approximate surface area is 77.2 Å². The molecule has 0 fully saturated rings. The van der Waals surface area contributed by atoms with Crippen LogP contribution >= 0.6 is 15.9 Å². The van der Waals surface area contributed by atoms with Crippen LogP contribution in [0.25, 0.3) is 0 Å². The normalized spacial score (nSPS) is 9.92. The average molecular weight is 233 g/mol. The fourth-order valence-corrected chi connectivity index (χ4v) is 1.38. The van der Waals surface area contributed by atoms with Crippen molar-refractivity contribution in [1.82, 2.24) is 0 Å². The van der Waals surface area contributed by atoms with Crippen molar-refractivity contribution >= 4 is 22.2 Å². The molecule has 0 aliphatic heterocycles. The van der Waals surface area contributed by atoms with Gasteiger partial charge in [-0.25, -0.2) is 4.39 Å². The highest BCUT2D eigenvalue weighted by Crippen LogP contribution is 2.19. The summed E-state index contributed by atoms with van der Waals surface area (Å²) in [5.74, 6) is -0.622. The molecule has 0 atom stereocenters. The van der Waals surface area contributed by atoms with E-state index in [0.717, 1.165) is 0 Å². The SMILES string of the molecule is O=Cc1c(F)cc(Br)cc1CO. The molecule has 0 bridgehead atoms. The Kier molecular flexibility index (Phi) is 2.94. The van der Waals surface area contributed by atoms with Gasteiger partial charge in [0.05, 0.1) is 12.2 Å². The minimum Gasteiger partial charge on any atom is -0.392 e. The highest BCUT2D eigenvalue weighted by atomic mass is 79.9. The van der Waals surface area contributed by atoms with Gasteiger partial charge in [0.15, 0.2) is 6.29 Å². The van der Waals surface area contributed by atoms with Crippen molar-refractivity contribution in [2.45, 2.75) is 6.61 Å². The van der Waals surface area contributed by atoms with Crippen LogP contribution in [0.3, 0.4) is 0 Å². The van der Waals surface area contributed by atoms with Crippen LogP contribution in [0.15, 0.2) is 16.6 Å². The standard InChI is InChI=1S/C8H6BrFO2/c9-6-1-5(3-11)7(4-12)8(10)2-6/h1-2,4,11H,3H2. The average Bonchev–Trinajstić information content (AvgIpc) is 2.03. The zero-order valence-electron chi connectivity index (χ0n) is 6.05. The number of benzene rings is 1. The van der Waals surface area contributed by atoms with Gasteiger partial charge in [0.2, 0.25) is 0 Å². The van der Waals surface area contributed by atoms with Crippen molar-refractivity contribution in [3.05, 3.63) is 33.5 Å². The molecule has 0 unspecified atom stereocenters. The summed E-state index contributed by atoms with van der Waals surface area (Å²) in [6.45, 7) is -0.343. The number of carbonyl (C=O) groups excluding carboxylic acids is 1. The number of aliphatic hydroxyl groups excluding tert-OH is 1. The van der Waals surface area contributed by atoms with Gasteiger partial charge in [0.1, 0.15) is 5.82 Å². The number of aldehydes is 1. The molecule has 0 saturated carbocycles. The van der Waals surface area contributed by atoms with Gasteiger partial charge in [-0.3, -0.25) is 4.79 Å². The van der Waals surface area contributed by atoms with Crippen LogP contribution in [0.5, 0.6) is 0 Å². The summed E-state index contributed by atoms with van der Waals surface area (Å²) in [5.41, 5.74) is 0.206. The lowest BCUT2D eigenvalue weighted by Gasteiger charge is -2.02. The molecule has 0 saturated heterocycles. The maximum atomic E-state index is 12.9. The predicted molar refractivity (Wildman–Crippen MR) is 45.4 cm³/mol. The third-order valence-corrected chi connectivity index (χ3v) is 1.93. The molecule has 0 aromatic heterocycles. The Morgan fingerprint density at radius 2 is 2.25 bits per heavy atom. The van der Waals surface area contributed by atoms with Crippen LogP contribution in [0, 0.1) is 5.82 Å². The summed E-state index contributed by atoms with van der Waals surface area (Å²) in [6.07, 6.45) is 0.396. The van der Waals surface area contributed by atoms with Crippen molar-refractivity contribution in [2.24, 2.45) is 0 Å². The molecule has 1 rings (SSSR count). The van der Waals surface area contributed by atoms with E-state index < -0.39 is 5.82 Å². The molecule has 1 aromatic rings. The predicted octanol–water partition coefficient (Wildman–Crippen LogP) is 1.89. The second-order valence-corrected chi connectivity index (χ2v) is 3.15. The first-order chi connectivity index (χ1) is 5.69. The zero-order valence-corrected chi connectivity index (χ0v) is 7.64. The van der Waals surface area contributed by atoms with E-state index in [1.807, 2.05) is 0 Å². The van der Waals surface area contributed by atoms with Crippen LogP contribution < -0.4 is 0 Å². The van der Waals surface area contributed by atoms with Crippen molar-refractivity contribution in [2.75, 3.05) is 0 Å². The number of hydrogen-bond donors (Lipinski definition) is 1. The monoisotopic (exact) mass is 232 g/mol. The van der Waals surface area contributed by atoms with E-state index in [1.54, 1.807) is 0 Å². The van der Waals surface area contributed by atoms with E-state index in [-0.39, 0.29) is 17.7 Å². The molecule has 0 radical (unpaired) electrons. The van der Waals surface area contributed by atoms with Gasteiger partial charge in [-0.05, 0) is 17.7 Å². The number of hydrogen-bond acceptors (Lipinski definition) is 2. The first-order valence-electron chi connectivity index (χ1n) is 3.23. The van der Waals surface area contributed by atoms with Crippen molar-refractivity contribution in [1.29, 1.82) is 0 Å². The minimum absolute atomic E-state index is 0.0827. The molecule has 64 valence electrons. The largest absolute Gasteiger partial charge is 0.392 e. The van der Waals surface area contributed by atoms with E-state index in [9.17, 15) is 9.18 Å². The number of aliphatic hydroxyl groups is 1. The Balaban J connectivity index is 3.33. The number of rotatable bonds is 2. The van der Waals surface area contributed by atoms with Crippen molar-refractivity contribution in [3.8, 4) is 0 Å². The summed E-state index contributed by atoms with van der Waals surface area (Å²) in [4.78, 5) is 10.4. The Morgan fingerprint density at radius 3 is 2.75 bits per heavy atom. The molecule has 1 aromatic carbocycles. The first kappa shape index (κ1) is 9.35. The summed E-state index contributed by atoms with van der Waals surface area (Å²) < 4.78 is 13.4. The van der Waals surface area contributed by atoms with E-state index in [1.165, 1.54) is 12.1 Å². The summed E-state index contributed by atoms with van der Waals surface area (Å²) in [5, 5.41) is 8.75. The summed E-state index contributed by atoms with van der Waals surface area (Å²) in [7, 11) is 0. The van der Waals surface area contributed by atoms with Gasteiger partial charge in [0.25, 0.3) is 0 Å². The smallest absolute Gasteiger partial charge is 0.153 e. The highest BCUT2D eigenvalue weighted by molar-refractivity contribution is 9.10. The molecule has 1 N–H and O–H groups in total. The topological polar surface area (TPSA) is 37.3 Å². The van der Waals surface area contributed by atoms with E-state index >= 15 is 0 Å². The number of halogens is 2. The lowest BCUT2D eigenvalue weighted by Crippen LogP contribution is -1.96. The third-order valence-electron chi connectivity index (χ3n) is 1.47. The van der Waals surface area contributed by atoms with Crippen LogP contribution in [0.4, 0.5) is 4.39 Å².